The molecule has 27 heteroatoms. The van der Waals surface area contributed by atoms with E-state index in [-0.39, 0.29) is 47.2 Å². The molecule has 10 rings (SSSR count). The van der Waals surface area contributed by atoms with Gasteiger partial charge in [-0.3, -0.25) is 4.79 Å². The first-order valence-corrected chi connectivity index (χ1v) is 30.8. The summed E-state index contributed by atoms with van der Waals surface area (Å²) in [5.41, 5.74) is -1.93. The third-order valence-electron chi connectivity index (χ3n) is 23.3. The van der Waals surface area contributed by atoms with E-state index < -0.39 is 196 Å². The number of aliphatic hydroxyl groups is 16. The zero-order chi connectivity index (χ0) is 62.7. The predicted octanol–water partition coefficient (Wildman–Crippen LogP) is -3.57. The highest BCUT2D eigenvalue weighted by Crippen LogP contribution is 2.76. The van der Waals surface area contributed by atoms with Crippen molar-refractivity contribution in [3.63, 3.8) is 0 Å². The fraction of sp³-hybridized carbons (Fsp3) is 0.949. The summed E-state index contributed by atoms with van der Waals surface area (Å²) < 4.78 is 58.7. The Morgan fingerprint density at radius 2 is 1.14 bits per heavy atom. The van der Waals surface area contributed by atoms with Gasteiger partial charge in [-0.1, -0.05) is 53.2 Å². The molecule has 27 nitrogen and oxygen atoms in total. The molecule has 0 aromatic carbocycles. The average molecular weight is 1240 g/mol. The van der Waals surface area contributed by atoms with Gasteiger partial charge in [-0.2, -0.15) is 0 Å². The molecule has 9 fully saturated rings. The van der Waals surface area contributed by atoms with Crippen LogP contribution in [0.25, 0.3) is 0 Å². The van der Waals surface area contributed by atoms with Gasteiger partial charge < -0.3 is 129 Å². The lowest BCUT2D eigenvalue weighted by molar-refractivity contribution is -0.361. The predicted molar refractivity (Wildman–Crippen MR) is 289 cm³/mol. The minimum Gasteiger partial charge on any atom is -0.432 e. The van der Waals surface area contributed by atoms with Gasteiger partial charge in [0.05, 0.1) is 50.7 Å². The van der Waals surface area contributed by atoms with Gasteiger partial charge in [0.1, 0.15) is 110 Å². The van der Waals surface area contributed by atoms with Gasteiger partial charge in [-0.25, -0.2) is 0 Å². The first kappa shape index (κ1) is 67.1. The van der Waals surface area contributed by atoms with Crippen molar-refractivity contribution >= 4 is 5.97 Å². The second-order valence-corrected chi connectivity index (χ2v) is 28.5. The van der Waals surface area contributed by atoms with E-state index in [9.17, 15) is 81.7 Å². The van der Waals surface area contributed by atoms with E-state index >= 15 is 4.79 Å². The lowest BCUT2D eigenvalue weighted by Crippen LogP contribution is -2.67. The Morgan fingerprint density at radius 1 is 0.558 bits per heavy atom. The topological polar surface area (TPSA) is 433 Å². The monoisotopic (exact) mass is 1240 g/mol. The molecule has 0 aromatic rings. The molecule has 10 aliphatic rings. The molecule has 5 saturated heterocycles. The quantitative estimate of drug-likeness (QED) is 0.0454. The minimum absolute atomic E-state index is 0.0638. The normalized spacial score (nSPS) is 54.8. The van der Waals surface area contributed by atoms with Crippen molar-refractivity contribution in [3.05, 3.63) is 11.6 Å². The maximum Gasteiger partial charge on any atom is 0.315 e. The molecule has 33 unspecified atom stereocenters. The fourth-order valence-electron chi connectivity index (χ4n) is 17.6. The first-order chi connectivity index (χ1) is 40.4. The van der Waals surface area contributed by atoms with E-state index in [1.54, 1.807) is 0 Å². The van der Waals surface area contributed by atoms with Gasteiger partial charge in [0.25, 0.3) is 0 Å². The molecule has 494 valence electrons. The maximum absolute atomic E-state index is 15.2. The molecule has 86 heavy (non-hydrogen) atoms. The van der Waals surface area contributed by atoms with Crippen LogP contribution in [0.3, 0.4) is 0 Å². The number of esters is 1. The van der Waals surface area contributed by atoms with Gasteiger partial charge in [0.15, 0.2) is 25.2 Å². The van der Waals surface area contributed by atoms with Crippen LogP contribution < -0.4 is 0 Å². The highest BCUT2D eigenvalue weighted by atomic mass is 16.8. The summed E-state index contributed by atoms with van der Waals surface area (Å²) in [6, 6.07) is 0. The second-order valence-electron chi connectivity index (χ2n) is 28.5. The van der Waals surface area contributed by atoms with Crippen molar-refractivity contribution in [2.75, 3.05) is 33.0 Å². The van der Waals surface area contributed by atoms with E-state index in [0.29, 0.717) is 51.4 Å². The fourth-order valence-corrected chi connectivity index (χ4v) is 17.6. The molecular weight excluding hydrogens is 1140 g/mol. The molecule has 4 saturated carbocycles. The zero-order valence-electron chi connectivity index (χ0n) is 50.0. The number of allylic oxidation sites excluding steroid dienone is 2. The Balaban J connectivity index is 0.809. The zero-order valence-corrected chi connectivity index (χ0v) is 50.0. The number of hydrogen-bond acceptors (Lipinski definition) is 27. The molecule has 0 amide bonds. The van der Waals surface area contributed by atoms with E-state index in [4.69, 9.17) is 47.4 Å². The number of aliphatic hydroxyl groups excluding tert-OH is 16. The summed E-state index contributed by atoms with van der Waals surface area (Å²) >= 11 is 0. The third kappa shape index (κ3) is 11.2. The Bertz CT molecular complexity index is 2380. The molecule has 0 aromatic heterocycles. The SMILES string of the molecule is CC1OC(OC2C(CO)OC(OCC3OC(OC(=O)C45CCC(C)(C)CC4C4=CCC6C7(C)CCC(OC8OCC(OC9OC(CO)C(O)C(O)C9O)C(O)C8O)C(C)(CO)C7CCC6(C)C4(C)CC5)C(O)C(O)C3O)C(O)C2O)C(O)C(O)C1O. The molecule has 0 spiro atoms. The standard InChI is InChI=1S/C59H96O27/c1-24-34(63)38(67)43(72)50(79-24)85-47-28(20-61)81-48(46(75)41(47)70)77-21-29-36(65)40(69)45(74)52(83-29)86-53(76)59-16-14-54(2,3)18-26(59)25-8-9-32-55(4)12-11-33(56(5,23-62)31(55)10-13-58(32,7)57(25,6)15-17-59)84-49-42(71)37(66)30(22-78-49)82-51-44(73)39(68)35(64)27(19-60)80-51/h8,24,26-52,60-75H,9-23H2,1-7H3. The minimum atomic E-state index is -1.90. The van der Waals surface area contributed by atoms with Crippen LogP contribution in [0.1, 0.15) is 113 Å². The Labute approximate surface area is 499 Å². The van der Waals surface area contributed by atoms with E-state index in [1.807, 2.05) is 6.92 Å². The van der Waals surface area contributed by atoms with Gasteiger partial charge in [-0.05, 0) is 111 Å². The molecule has 5 aliphatic carbocycles. The van der Waals surface area contributed by atoms with Crippen LogP contribution in [0.5, 0.6) is 0 Å². The Kier molecular flexibility index (Phi) is 19.4. The second kappa shape index (κ2) is 24.9. The molecular formula is C59H96O27. The number of ether oxygens (including phenoxy) is 10. The maximum atomic E-state index is 15.2. The Morgan fingerprint density at radius 3 is 1.80 bits per heavy atom. The molecule has 0 radical (unpaired) electrons. The molecule has 5 aliphatic heterocycles. The van der Waals surface area contributed by atoms with Crippen molar-refractivity contribution in [2.24, 2.45) is 50.2 Å². The number of fused-ring (bicyclic) bond motifs is 7. The lowest BCUT2D eigenvalue weighted by atomic mass is 9.33. The lowest BCUT2D eigenvalue weighted by Gasteiger charge is -2.71. The van der Waals surface area contributed by atoms with Crippen molar-refractivity contribution in [1.82, 2.24) is 0 Å². The highest BCUT2D eigenvalue weighted by Gasteiger charge is 2.71. The van der Waals surface area contributed by atoms with Crippen molar-refractivity contribution in [2.45, 2.75) is 266 Å². The number of carbonyl (C=O) groups excluding carboxylic acids is 1. The van der Waals surface area contributed by atoms with Crippen LogP contribution in [0, 0.1) is 50.2 Å². The molecule has 33 atom stereocenters. The van der Waals surface area contributed by atoms with Gasteiger partial charge in [0, 0.05) is 5.41 Å². The summed E-state index contributed by atoms with van der Waals surface area (Å²) in [6.45, 7) is 12.1. The smallest absolute Gasteiger partial charge is 0.315 e. The third-order valence-corrected chi connectivity index (χ3v) is 23.3. The van der Waals surface area contributed by atoms with E-state index in [0.717, 1.165) is 12.8 Å². The van der Waals surface area contributed by atoms with Crippen LogP contribution in [0.15, 0.2) is 11.6 Å². The number of hydrogen-bond donors (Lipinski definition) is 16. The Hall–Kier alpha value is -1.79. The van der Waals surface area contributed by atoms with Gasteiger partial charge in [0.2, 0.25) is 6.29 Å². The highest BCUT2D eigenvalue weighted by molar-refractivity contribution is 5.79. The summed E-state index contributed by atoms with van der Waals surface area (Å²) in [5, 5.41) is 172. The number of carbonyl (C=O) groups is 1. The average Bonchev–Trinajstić information content (AvgIpc) is 0.739. The van der Waals surface area contributed by atoms with E-state index in [1.165, 1.54) is 12.5 Å². The van der Waals surface area contributed by atoms with Crippen LogP contribution in [-0.4, -0.2) is 274 Å². The summed E-state index contributed by atoms with van der Waals surface area (Å²) in [4.78, 5) is 15.2. The van der Waals surface area contributed by atoms with Crippen molar-refractivity contribution < 1.29 is 134 Å². The summed E-state index contributed by atoms with van der Waals surface area (Å²) in [5.74, 6) is -0.862. The number of rotatable bonds is 14. The van der Waals surface area contributed by atoms with Crippen LogP contribution in [0.4, 0.5) is 0 Å². The largest absolute Gasteiger partial charge is 0.432 e. The van der Waals surface area contributed by atoms with Crippen molar-refractivity contribution in [1.29, 1.82) is 0 Å². The molecule has 0 bridgehead atoms. The van der Waals surface area contributed by atoms with Crippen molar-refractivity contribution in [3.8, 4) is 0 Å². The summed E-state index contributed by atoms with van der Waals surface area (Å²) in [6.07, 6.45) is -30.6. The van der Waals surface area contributed by atoms with Gasteiger partial charge >= 0.3 is 5.97 Å². The van der Waals surface area contributed by atoms with Crippen LogP contribution >= 0.6 is 0 Å². The van der Waals surface area contributed by atoms with Gasteiger partial charge in [-0.15, -0.1) is 0 Å². The first-order valence-electron chi connectivity index (χ1n) is 30.8. The summed E-state index contributed by atoms with van der Waals surface area (Å²) in [7, 11) is 0. The van der Waals surface area contributed by atoms with E-state index in [2.05, 4.69) is 40.7 Å². The molecule has 16 N–H and O–H groups in total. The van der Waals surface area contributed by atoms with Crippen LogP contribution in [0.2, 0.25) is 0 Å². The molecule has 5 heterocycles. The van der Waals surface area contributed by atoms with Crippen LogP contribution in [-0.2, 0) is 52.2 Å².